The highest BCUT2D eigenvalue weighted by Gasteiger charge is 2.21. The molecule has 0 bridgehead atoms. The summed E-state index contributed by atoms with van der Waals surface area (Å²) in [6, 6.07) is 25.9. The van der Waals surface area contributed by atoms with Crippen molar-refractivity contribution < 1.29 is 9.53 Å². The molecule has 6 heteroatoms. The molecule has 0 aliphatic carbocycles. The molecular weight excluding hydrogens is 430 g/mol. The molecule has 0 saturated carbocycles. The zero-order chi connectivity index (χ0) is 22.6. The van der Waals surface area contributed by atoms with Crippen molar-refractivity contribution in [3.8, 4) is 5.75 Å². The van der Waals surface area contributed by atoms with Crippen molar-refractivity contribution in [2.45, 2.75) is 19.9 Å². The minimum Gasteiger partial charge on any atom is -0.494 e. The minimum absolute atomic E-state index is 0.0139. The third-order valence-electron chi connectivity index (χ3n) is 5.41. The lowest BCUT2D eigenvalue weighted by Gasteiger charge is -2.19. The normalized spacial score (nSPS) is 11.1. The molecule has 0 radical (unpaired) electrons. The SMILES string of the molecule is CCOc1ccc2nc(N(Cc3ccccn3)C(=O)Cc3ccc4ccccc4c3)sc2c1. The van der Waals surface area contributed by atoms with Crippen LogP contribution in [0.4, 0.5) is 5.13 Å². The first kappa shape index (κ1) is 21.1. The third-order valence-corrected chi connectivity index (χ3v) is 6.45. The Morgan fingerprint density at radius 2 is 1.82 bits per heavy atom. The Labute approximate surface area is 196 Å². The van der Waals surface area contributed by atoms with E-state index in [0.717, 1.165) is 38.0 Å². The first-order valence-corrected chi connectivity index (χ1v) is 11.7. The van der Waals surface area contributed by atoms with Gasteiger partial charge in [-0.25, -0.2) is 4.98 Å². The largest absolute Gasteiger partial charge is 0.494 e. The topological polar surface area (TPSA) is 55.3 Å². The number of rotatable bonds is 7. The summed E-state index contributed by atoms with van der Waals surface area (Å²) < 4.78 is 6.62. The number of benzene rings is 3. The first-order chi connectivity index (χ1) is 16.2. The van der Waals surface area contributed by atoms with E-state index in [2.05, 4.69) is 29.2 Å². The average Bonchev–Trinajstić information content (AvgIpc) is 3.26. The lowest BCUT2D eigenvalue weighted by atomic mass is 10.0. The van der Waals surface area contributed by atoms with Gasteiger partial charge in [0.2, 0.25) is 5.91 Å². The lowest BCUT2D eigenvalue weighted by molar-refractivity contribution is -0.118. The molecule has 5 nitrogen and oxygen atoms in total. The van der Waals surface area contributed by atoms with Crippen LogP contribution < -0.4 is 9.64 Å². The van der Waals surface area contributed by atoms with Gasteiger partial charge < -0.3 is 4.74 Å². The van der Waals surface area contributed by atoms with Crippen LogP contribution in [0.1, 0.15) is 18.2 Å². The van der Waals surface area contributed by atoms with Crippen LogP contribution in [-0.2, 0) is 17.8 Å². The van der Waals surface area contributed by atoms with Crippen LogP contribution in [0.5, 0.6) is 5.75 Å². The molecule has 0 aliphatic heterocycles. The van der Waals surface area contributed by atoms with Crippen molar-refractivity contribution in [2.75, 3.05) is 11.5 Å². The fraction of sp³-hybridized carbons (Fsp3) is 0.148. The summed E-state index contributed by atoms with van der Waals surface area (Å²) in [4.78, 5) is 24.5. The van der Waals surface area contributed by atoms with E-state index in [1.54, 1.807) is 11.1 Å². The zero-order valence-corrected chi connectivity index (χ0v) is 19.1. The predicted octanol–water partition coefficient (Wildman–Crippen LogP) is 6.02. The standard InChI is InChI=1S/C27H23N3O2S/c1-2-32-23-12-13-24-25(17-23)33-27(29-24)30(18-22-9-5-6-14-28-22)26(31)16-19-10-11-20-7-3-4-8-21(20)15-19/h3-15,17H,2,16,18H2,1H3. The molecule has 3 aromatic carbocycles. The molecule has 5 aromatic rings. The number of pyridine rings is 1. The summed E-state index contributed by atoms with van der Waals surface area (Å²) in [6.45, 7) is 2.93. The molecular formula is C27H23N3O2S. The van der Waals surface area contributed by atoms with Crippen molar-refractivity contribution in [3.63, 3.8) is 0 Å². The van der Waals surface area contributed by atoms with Gasteiger partial charge >= 0.3 is 0 Å². The number of aromatic nitrogens is 2. The van der Waals surface area contributed by atoms with E-state index >= 15 is 0 Å². The molecule has 2 heterocycles. The number of fused-ring (bicyclic) bond motifs is 2. The maximum atomic E-state index is 13.5. The number of ether oxygens (including phenoxy) is 1. The van der Waals surface area contributed by atoms with Gasteiger partial charge in [-0.05, 0) is 53.6 Å². The van der Waals surface area contributed by atoms with Gasteiger partial charge in [0.25, 0.3) is 0 Å². The number of anilines is 1. The van der Waals surface area contributed by atoms with E-state index in [0.29, 0.717) is 18.3 Å². The van der Waals surface area contributed by atoms with Gasteiger partial charge in [0.15, 0.2) is 5.13 Å². The number of carbonyl (C=O) groups is 1. The van der Waals surface area contributed by atoms with Crippen molar-refractivity contribution >= 4 is 43.4 Å². The smallest absolute Gasteiger partial charge is 0.233 e. The monoisotopic (exact) mass is 453 g/mol. The summed E-state index contributed by atoms with van der Waals surface area (Å²) in [5, 5.41) is 2.95. The molecule has 0 aliphatic rings. The highest BCUT2D eigenvalue weighted by molar-refractivity contribution is 7.22. The highest BCUT2D eigenvalue weighted by Crippen LogP contribution is 2.32. The fourth-order valence-corrected chi connectivity index (χ4v) is 4.81. The van der Waals surface area contributed by atoms with Crippen LogP contribution in [0.2, 0.25) is 0 Å². The second-order valence-electron chi connectivity index (χ2n) is 7.72. The van der Waals surface area contributed by atoms with E-state index in [4.69, 9.17) is 9.72 Å². The average molecular weight is 454 g/mol. The Bertz CT molecular complexity index is 1420. The lowest BCUT2D eigenvalue weighted by Crippen LogP contribution is -2.32. The van der Waals surface area contributed by atoms with Crippen molar-refractivity contribution in [1.29, 1.82) is 0 Å². The molecule has 1 amide bonds. The van der Waals surface area contributed by atoms with E-state index < -0.39 is 0 Å². The Morgan fingerprint density at radius 1 is 0.970 bits per heavy atom. The molecule has 0 spiro atoms. The molecule has 0 fully saturated rings. The minimum atomic E-state index is -0.0139. The van der Waals surface area contributed by atoms with Crippen molar-refractivity contribution in [2.24, 2.45) is 0 Å². The van der Waals surface area contributed by atoms with Crippen molar-refractivity contribution in [1.82, 2.24) is 9.97 Å². The molecule has 0 N–H and O–H groups in total. The maximum Gasteiger partial charge on any atom is 0.233 e. The number of hydrogen-bond acceptors (Lipinski definition) is 5. The number of amides is 1. The van der Waals surface area contributed by atoms with Crippen LogP contribution in [-0.4, -0.2) is 22.5 Å². The predicted molar refractivity (Wildman–Crippen MR) is 134 cm³/mol. The Kier molecular flexibility index (Phi) is 6.00. The van der Waals surface area contributed by atoms with Crippen LogP contribution >= 0.6 is 11.3 Å². The second-order valence-corrected chi connectivity index (χ2v) is 8.73. The number of hydrogen-bond donors (Lipinski definition) is 0. The van der Waals surface area contributed by atoms with Gasteiger partial charge in [0, 0.05) is 6.20 Å². The summed E-state index contributed by atoms with van der Waals surface area (Å²) in [5.74, 6) is 0.791. The zero-order valence-electron chi connectivity index (χ0n) is 18.3. The third kappa shape index (κ3) is 4.71. The number of nitrogens with zero attached hydrogens (tertiary/aromatic N) is 3. The molecule has 0 unspecified atom stereocenters. The molecule has 0 atom stereocenters. The Morgan fingerprint density at radius 3 is 2.64 bits per heavy atom. The molecule has 2 aromatic heterocycles. The van der Waals surface area contributed by atoms with Gasteiger partial charge in [0.1, 0.15) is 5.75 Å². The number of thiazole rings is 1. The maximum absolute atomic E-state index is 13.5. The van der Waals surface area contributed by atoms with Crippen LogP contribution in [0.3, 0.4) is 0 Å². The molecule has 33 heavy (non-hydrogen) atoms. The molecule has 164 valence electrons. The van der Waals surface area contributed by atoms with Gasteiger partial charge in [-0.2, -0.15) is 0 Å². The van der Waals surface area contributed by atoms with Gasteiger partial charge in [-0.1, -0.05) is 59.9 Å². The second kappa shape index (κ2) is 9.38. The first-order valence-electron chi connectivity index (χ1n) is 10.9. The van der Waals surface area contributed by atoms with Gasteiger partial charge in [-0.3, -0.25) is 14.7 Å². The molecule has 0 saturated heterocycles. The number of carbonyl (C=O) groups excluding carboxylic acids is 1. The Balaban J connectivity index is 1.48. The highest BCUT2D eigenvalue weighted by atomic mass is 32.1. The van der Waals surface area contributed by atoms with E-state index in [-0.39, 0.29) is 12.3 Å². The van der Waals surface area contributed by atoms with Crippen LogP contribution in [0.25, 0.3) is 21.0 Å². The Hall–Kier alpha value is -3.77. The van der Waals surface area contributed by atoms with Crippen molar-refractivity contribution in [3.05, 3.63) is 96.3 Å². The summed E-state index contributed by atoms with van der Waals surface area (Å²) >= 11 is 1.49. The summed E-state index contributed by atoms with van der Waals surface area (Å²) in [6.07, 6.45) is 2.03. The summed E-state index contributed by atoms with van der Waals surface area (Å²) in [5.41, 5.74) is 2.64. The quantitative estimate of drug-likeness (QED) is 0.302. The van der Waals surface area contributed by atoms with E-state index in [1.165, 1.54) is 11.3 Å². The van der Waals surface area contributed by atoms with Crippen LogP contribution in [0.15, 0.2) is 85.1 Å². The van der Waals surface area contributed by atoms with E-state index in [9.17, 15) is 4.79 Å². The van der Waals surface area contributed by atoms with Gasteiger partial charge in [0.05, 0.1) is 35.5 Å². The van der Waals surface area contributed by atoms with E-state index in [1.807, 2.05) is 61.5 Å². The van der Waals surface area contributed by atoms with Crippen LogP contribution in [0, 0.1) is 0 Å². The molecule has 5 rings (SSSR count). The van der Waals surface area contributed by atoms with Gasteiger partial charge in [-0.15, -0.1) is 0 Å². The summed E-state index contributed by atoms with van der Waals surface area (Å²) in [7, 11) is 0. The fourth-order valence-electron chi connectivity index (χ4n) is 3.80.